The first-order chi connectivity index (χ1) is 9.81. The second-order valence-electron chi connectivity index (χ2n) is 5.19. The van der Waals surface area contributed by atoms with Crippen LogP contribution in [0.4, 0.5) is 5.95 Å². The van der Waals surface area contributed by atoms with Crippen LogP contribution in [-0.2, 0) is 11.8 Å². The number of para-hydroxylation sites is 2. The first-order valence-corrected chi connectivity index (χ1v) is 7.28. The zero-order chi connectivity index (χ0) is 13.9. The molecule has 2 heterocycles. The van der Waals surface area contributed by atoms with Gasteiger partial charge in [-0.15, -0.1) is 0 Å². The summed E-state index contributed by atoms with van der Waals surface area (Å²) in [5, 5.41) is 3.41. The summed E-state index contributed by atoms with van der Waals surface area (Å²) in [6.45, 7) is 6.46. The van der Waals surface area contributed by atoms with Crippen molar-refractivity contribution in [1.82, 2.24) is 14.9 Å². The van der Waals surface area contributed by atoms with E-state index in [-0.39, 0.29) is 0 Å². The smallest absolute Gasteiger partial charge is 0.206 e. The lowest BCUT2D eigenvalue weighted by molar-refractivity contribution is 0.0928. The van der Waals surface area contributed by atoms with Crippen LogP contribution in [0.25, 0.3) is 11.0 Å². The summed E-state index contributed by atoms with van der Waals surface area (Å²) >= 11 is 0. The Balaban J connectivity index is 1.92. The molecule has 0 radical (unpaired) electrons. The number of hydrogen-bond acceptors (Lipinski definition) is 4. The van der Waals surface area contributed by atoms with Crippen molar-refractivity contribution in [1.29, 1.82) is 0 Å². The summed E-state index contributed by atoms with van der Waals surface area (Å²) in [6.07, 6.45) is 0. The van der Waals surface area contributed by atoms with Crippen molar-refractivity contribution in [3.05, 3.63) is 24.3 Å². The van der Waals surface area contributed by atoms with Crippen molar-refractivity contribution < 1.29 is 4.74 Å². The molecule has 0 bridgehead atoms. The van der Waals surface area contributed by atoms with E-state index < -0.39 is 0 Å². The van der Waals surface area contributed by atoms with Crippen molar-refractivity contribution >= 4 is 17.0 Å². The minimum atomic E-state index is 0.346. The number of rotatable bonds is 4. The Morgan fingerprint density at radius 1 is 1.40 bits per heavy atom. The first-order valence-electron chi connectivity index (χ1n) is 7.28. The normalized spacial score (nSPS) is 19.7. The number of nitrogens with one attached hydrogen (secondary N) is 1. The minimum absolute atomic E-state index is 0.346. The molecular formula is C15H22N4O. The van der Waals surface area contributed by atoms with E-state index in [0.717, 1.165) is 44.3 Å². The van der Waals surface area contributed by atoms with Crippen LogP contribution in [0.5, 0.6) is 0 Å². The van der Waals surface area contributed by atoms with Crippen molar-refractivity contribution in [2.75, 3.05) is 37.7 Å². The number of nitrogens with zero attached hydrogens (tertiary/aromatic N) is 3. The van der Waals surface area contributed by atoms with Gasteiger partial charge in [0.25, 0.3) is 0 Å². The zero-order valence-corrected chi connectivity index (χ0v) is 12.2. The third kappa shape index (κ3) is 2.39. The SMILES string of the molecule is CCNCC1COCCN1c1nc2ccccc2n1C. The van der Waals surface area contributed by atoms with Crippen LogP contribution < -0.4 is 10.2 Å². The van der Waals surface area contributed by atoms with Crippen molar-refractivity contribution in [2.24, 2.45) is 7.05 Å². The second-order valence-corrected chi connectivity index (χ2v) is 5.19. The third-order valence-corrected chi connectivity index (χ3v) is 3.88. The molecule has 1 saturated heterocycles. The highest BCUT2D eigenvalue weighted by Gasteiger charge is 2.26. The molecule has 1 N–H and O–H groups in total. The van der Waals surface area contributed by atoms with Crippen LogP contribution in [0.15, 0.2) is 24.3 Å². The monoisotopic (exact) mass is 274 g/mol. The summed E-state index contributed by atoms with van der Waals surface area (Å²) in [5.41, 5.74) is 2.23. The quantitative estimate of drug-likeness (QED) is 0.915. The number of hydrogen-bond donors (Lipinski definition) is 1. The molecule has 20 heavy (non-hydrogen) atoms. The fraction of sp³-hybridized carbons (Fsp3) is 0.533. The maximum atomic E-state index is 5.63. The Labute approximate surface area is 119 Å². The predicted octanol–water partition coefficient (Wildman–Crippen LogP) is 1.39. The number of morpholine rings is 1. The molecule has 1 atom stereocenters. The van der Waals surface area contributed by atoms with Gasteiger partial charge in [0.15, 0.2) is 0 Å². The molecule has 108 valence electrons. The van der Waals surface area contributed by atoms with E-state index in [2.05, 4.69) is 47.0 Å². The molecule has 3 rings (SSSR count). The lowest BCUT2D eigenvalue weighted by Gasteiger charge is -2.36. The summed E-state index contributed by atoms with van der Waals surface area (Å²) in [5.74, 6) is 1.04. The Bertz CT molecular complexity index is 580. The average molecular weight is 274 g/mol. The van der Waals surface area contributed by atoms with Crippen LogP contribution in [0.2, 0.25) is 0 Å². The third-order valence-electron chi connectivity index (χ3n) is 3.88. The van der Waals surface area contributed by atoms with Crippen LogP contribution in [-0.4, -0.2) is 48.4 Å². The van der Waals surface area contributed by atoms with Crippen LogP contribution >= 0.6 is 0 Å². The van der Waals surface area contributed by atoms with Crippen molar-refractivity contribution in [3.63, 3.8) is 0 Å². The molecule has 0 spiro atoms. The highest BCUT2D eigenvalue weighted by atomic mass is 16.5. The number of benzene rings is 1. The summed E-state index contributed by atoms with van der Waals surface area (Å²) in [6, 6.07) is 8.63. The van der Waals surface area contributed by atoms with Gasteiger partial charge in [-0.05, 0) is 18.7 Å². The molecule has 0 saturated carbocycles. The molecule has 1 aromatic carbocycles. The van der Waals surface area contributed by atoms with Gasteiger partial charge in [0.1, 0.15) is 0 Å². The molecule has 0 aliphatic carbocycles. The Morgan fingerprint density at radius 3 is 3.05 bits per heavy atom. The maximum absolute atomic E-state index is 5.63. The largest absolute Gasteiger partial charge is 0.377 e. The van der Waals surface area contributed by atoms with E-state index in [0.29, 0.717) is 6.04 Å². The van der Waals surface area contributed by atoms with Crippen molar-refractivity contribution in [3.8, 4) is 0 Å². The van der Waals surface area contributed by atoms with Gasteiger partial charge in [-0.1, -0.05) is 19.1 Å². The minimum Gasteiger partial charge on any atom is -0.377 e. The fourth-order valence-corrected chi connectivity index (χ4v) is 2.79. The standard InChI is InChI=1S/C15H22N4O/c1-3-16-10-12-11-20-9-8-19(12)15-17-13-6-4-5-7-14(13)18(15)2/h4-7,12,16H,3,8-11H2,1-2H3. The van der Waals surface area contributed by atoms with Gasteiger partial charge in [0, 0.05) is 20.1 Å². The zero-order valence-electron chi connectivity index (χ0n) is 12.2. The van der Waals surface area contributed by atoms with Gasteiger partial charge < -0.3 is 19.5 Å². The Morgan fingerprint density at radius 2 is 2.25 bits per heavy atom. The summed E-state index contributed by atoms with van der Waals surface area (Å²) in [7, 11) is 2.09. The number of likely N-dealkylation sites (N-methyl/N-ethyl adjacent to an activating group) is 1. The van der Waals surface area contributed by atoms with Crippen LogP contribution in [0.3, 0.4) is 0 Å². The molecule has 0 amide bonds. The van der Waals surface area contributed by atoms with Gasteiger partial charge >= 0.3 is 0 Å². The van der Waals surface area contributed by atoms with E-state index in [1.54, 1.807) is 0 Å². The molecular weight excluding hydrogens is 252 g/mol. The predicted molar refractivity (Wildman–Crippen MR) is 81.2 cm³/mol. The lowest BCUT2D eigenvalue weighted by Crippen LogP contribution is -2.51. The molecule has 1 unspecified atom stereocenters. The summed E-state index contributed by atoms with van der Waals surface area (Å²) < 4.78 is 7.81. The van der Waals surface area contributed by atoms with Gasteiger partial charge in [-0.2, -0.15) is 0 Å². The number of aryl methyl sites for hydroxylation is 1. The first kappa shape index (κ1) is 13.4. The highest BCUT2D eigenvalue weighted by molar-refractivity contribution is 5.78. The molecule has 1 fully saturated rings. The molecule has 2 aromatic rings. The average Bonchev–Trinajstić information content (AvgIpc) is 2.83. The number of ether oxygens (including phenoxy) is 1. The van der Waals surface area contributed by atoms with Gasteiger partial charge in [0.05, 0.1) is 30.3 Å². The van der Waals surface area contributed by atoms with Gasteiger partial charge in [0.2, 0.25) is 5.95 Å². The fourth-order valence-electron chi connectivity index (χ4n) is 2.79. The van der Waals surface area contributed by atoms with E-state index in [1.807, 2.05) is 6.07 Å². The molecule has 5 nitrogen and oxygen atoms in total. The highest BCUT2D eigenvalue weighted by Crippen LogP contribution is 2.23. The molecule has 5 heteroatoms. The van der Waals surface area contributed by atoms with E-state index in [1.165, 1.54) is 5.52 Å². The topological polar surface area (TPSA) is 42.3 Å². The van der Waals surface area contributed by atoms with E-state index in [4.69, 9.17) is 9.72 Å². The van der Waals surface area contributed by atoms with E-state index in [9.17, 15) is 0 Å². The van der Waals surface area contributed by atoms with Gasteiger partial charge in [-0.25, -0.2) is 4.98 Å². The Hall–Kier alpha value is -1.59. The second kappa shape index (κ2) is 5.81. The lowest BCUT2D eigenvalue weighted by atomic mass is 10.2. The number of aromatic nitrogens is 2. The Kier molecular flexibility index (Phi) is 3.89. The maximum Gasteiger partial charge on any atom is 0.206 e. The molecule has 1 aliphatic rings. The number of imidazole rings is 1. The van der Waals surface area contributed by atoms with Gasteiger partial charge in [-0.3, -0.25) is 0 Å². The number of anilines is 1. The van der Waals surface area contributed by atoms with E-state index >= 15 is 0 Å². The van der Waals surface area contributed by atoms with Crippen molar-refractivity contribution in [2.45, 2.75) is 13.0 Å². The summed E-state index contributed by atoms with van der Waals surface area (Å²) in [4.78, 5) is 7.17. The number of fused-ring (bicyclic) bond motifs is 1. The van der Waals surface area contributed by atoms with Crippen LogP contribution in [0.1, 0.15) is 6.92 Å². The molecule has 1 aromatic heterocycles. The molecule has 1 aliphatic heterocycles. The van der Waals surface area contributed by atoms with Crippen LogP contribution in [0, 0.1) is 0 Å².